The number of pyridine rings is 1. The topological polar surface area (TPSA) is 88.4 Å². The van der Waals surface area contributed by atoms with Crippen LogP contribution in [0.15, 0.2) is 47.6 Å². The lowest BCUT2D eigenvalue weighted by atomic mass is 10.1. The van der Waals surface area contributed by atoms with Gasteiger partial charge in [-0.2, -0.15) is 4.31 Å². The number of imidazole rings is 1. The van der Waals surface area contributed by atoms with Crippen LogP contribution in [0.1, 0.15) is 50.0 Å². The Kier molecular flexibility index (Phi) is 6.81. The Balaban J connectivity index is 1.48. The van der Waals surface area contributed by atoms with E-state index in [1.165, 1.54) is 0 Å². The van der Waals surface area contributed by atoms with Crippen molar-refractivity contribution in [2.45, 2.75) is 50.0 Å². The summed E-state index contributed by atoms with van der Waals surface area (Å²) in [5.41, 5.74) is 2.52. The smallest absolute Gasteiger partial charge is 0.243 e. The fourth-order valence-corrected chi connectivity index (χ4v) is 5.88. The molecule has 1 unspecified atom stereocenters. The quantitative estimate of drug-likeness (QED) is 0.530. The highest BCUT2D eigenvalue weighted by Gasteiger charge is 2.26. The molecule has 0 aliphatic carbocycles. The molecule has 1 aromatic carbocycles. The van der Waals surface area contributed by atoms with Crippen LogP contribution < -0.4 is 0 Å². The van der Waals surface area contributed by atoms with Crippen molar-refractivity contribution < 1.29 is 13.2 Å². The van der Waals surface area contributed by atoms with E-state index in [4.69, 9.17) is 0 Å². The molecule has 33 heavy (non-hydrogen) atoms. The number of aryl methyl sites for hydroxylation is 2. The molecule has 0 saturated carbocycles. The Bertz CT molecular complexity index is 1230. The maximum atomic E-state index is 13.0. The number of nitrogens with zero attached hydrogens (tertiary/aromatic N) is 5. The van der Waals surface area contributed by atoms with E-state index in [2.05, 4.69) is 9.97 Å². The maximum Gasteiger partial charge on any atom is 0.243 e. The molecule has 1 fully saturated rings. The highest BCUT2D eigenvalue weighted by Crippen LogP contribution is 2.25. The predicted molar refractivity (Wildman–Crippen MR) is 127 cm³/mol. The SMILES string of the molecule is CC(c1ccncc1)N(C)C(=O)CCc1nc2cc(S(=O)(=O)N3CCCCC3)ccc2n1C. The standard InChI is InChI=1S/C24H31N5O3S/c1-18(19-11-13-25-14-12-19)27(2)24(30)10-9-23-26-21-17-20(7-8-22(21)28(23)3)33(31,32)29-15-5-4-6-16-29/h7-8,11-14,17-18H,4-6,9-10,15-16H2,1-3H3. The molecular weight excluding hydrogens is 438 g/mol. The summed E-state index contributed by atoms with van der Waals surface area (Å²) in [6.45, 7) is 3.13. The van der Waals surface area contributed by atoms with E-state index in [9.17, 15) is 13.2 Å². The third-order valence-electron chi connectivity index (χ3n) is 6.62. The minimum atomic E-state index is -3.51. The number of hydrogen-bond donors (Lipinski definition) is 0. The van der Waals surface area contributed by atoms with Gasteiger partial charge in [0, 0.05) is 52.4 Å². The van der Waals surface area contributed by atoms with Crippen LogP contribution in [-0.4, -0.2) is 58.2 Å². The first-order valence-corrected chi connectivity index (χ1v) is 12.8. The molecular formula is C24H31N5O3S. The highest BCUT2D eigenvalue weighted by molar-refractivity contribution is 7.89. The zero-order valence-corrected chi connectivity index (χ0v) is 20.3. The van der Waals surface area contributed by atoms with Gasteiger partial charge in [-0.15, -0.1) is 0 Å². The van der Waals surface area contributed by atoms with Crippen LogP contribution in [0.4, 0.5) is 0 Å². The second-order valence-corrected chi connectivity index (χ2v) is 10.6. The lowest BCUT2D eigenvalue weighted by Crippen LogP contribution is -2.35. The first-order valence-electron chi connectivity index (χ1n) is 11.4. The van der Waals surface area contributed by atoms with E-state index >= 15 is 0 Å². The van der Waals surface area contributed by atoms with Crippen molar-refractivity contribution in [1.82, 2.24) is 23.7 Å². The third kappa shape index (κ3) is 4.79. The van der Waals surface area contributed by atoms with Crippen molar-refractivity contribution in [2.24, 2.45) is 7.05 Å². The summed E-state index contributed by atoms with van der Waals surface area (Å²) in [6.07, 6.45) is 7.12. The number of rotatable bonds is 7. The first kappa shape index (κ1) is 23.4. The molecule has 2 aromatic heterocycles. The second-order valence-electron chi connectivity index (χ2n) is 8.66. The van der Waals surface area contributed by atoms with Crippen molar-refractivity contribution in [2.75, 3.05) is 20.1 Å². The Morgan fingerprint density at radius 3 is 2.52 bits per heavy atom. The molecule has 1 saturated heterocycles. The second kappa shape index (κ2) is 9.61. The lowest BCUT2D eigenvalue weighted by Gasteiger charge is -2.25. The third-order valence-corrected chi connectivity index (χ3v) is 8.52. The van der Waals surface area contributed by atoms with E-state index in [1.54, 1.807) is 40.8 Å². The number of benzene rings is 1. The summed E-state index contributed by atoms with van der Waals surface area (Å²) < 4.78 is 29.6. The number of hydrogen-bond acceptors (Lipinski definition) is 5. The minimum Gasteiger partial charge on any atom is -0.339 e. The van der Waals surface area contributed by atoms with Crippen LogP contribution in [0.2, 0.25) is 0 Å². The number of fused-ring (bicyclic) bond motifs is 1. The van der Waals surface area contributed by atoms with Gasteiger partial charge in [0.05, 0.1) is 22.0 Å². The molecule has 8 nitrogen and oxygen atoms in total. The van der Waals surface area contributed by atoms with E-state index in [-0.39, 0.29) is 16.8 Å². The molecule has 0 radical (unpaired) electrons. The normalized spacial score (nSPS) is 16.1. The summed E-state index contributed by atoms with van der Waals surface area (Å²) in [5, 5.41) is 0. The van der Waals surface area contributed by atoms with Gasteiger partial charge in [0.25, 0.3) is 0 Å². The van der Waals surface area contributed by atoms with Crippen molar-refractivity contribution in [3.05, 3.63) is 54.1 Å². The molecule has 1 aliphatic rings. The summed E-state index contributed by atoms with van der Waals surface area (Å²) >= 11 is 0. The summed E-state index contributed by atoms with van der Waals surface area (Å²) in [4.78, 5) is 23.5. The molecule has 1 amide bonds. The fraction of sp³-hybridized carbons (Fsp3) is 0.458. The van der Waals surface area contributed by atoms with E-state index < -0.39 is 10.0 Å². The van der Waals surface area contributed by atoms with E-state index in [1.807, 2.05) is 36.7 Å². The Morgan fingerprint density at radius 2 is 1.82 bits per heavy atom. The van der Waals surface area contributed by atoms with Crippen LogP contribution in [0.3, 0.4) is 0 Å². The molecule has 1 aliphatic heterocycles. The van der Waals surface area contributed by atoms with E-state index in [0.29, 0.717) is 31.4 Å². The fourth-order valence-electron chi connectivity index (χ4n) is 4.34. The van der Waals surface area contributed by atoms with Crippen LogP contribution in [0, 0.1) is 0 Å². The number of carbonyl (C=O) groups excluding carboxylic acids is 1. The van der Waals surface area contributed by atoms with Gasteiger partial charge in [-0.25, -0.2) is 13.4 Å². The summed E-state index contributed by atoms with van der Waals surface area (Å²) in [5.74, 6) is 0.788. The number of sulfonamides is 1. The largest absolute Gasteiger partial charge is 0.339 e. The van der Waals surface area contributed by atoms with Crippen LogP contribution in [0.5, 0.6) is 0 Å². The Hall–Kier alpha value is -2.78. The van der Waals surface area contributed by atoms with Crippen molar-refractivity contribution >= 4 is 27.0 Å². The van der Waals surface area contributed by atoms with Gasteiger partial charge in [0.2, 0.25) is 15.9 Å². The molecule has 176 valence electrons. The van der Waals surface area contributed by atoms with Crippen LogP contribution in [0.25, 0.3) is 11.0 Å². The van der Waals surface area contributed by atoms with Gasteiger partial charge >= 0.3 is 0 Å². The highest BCUT2D eigenvalue weighted by atomic mass is 32.2. The zero-order chi connectivity index (χ0) is 23.6. The monoisotopic (exact) mass is 469 g/mol. The average Bonchev–Trinajstić information content (AvgIpc) is 3.17. The molecule has 4 rings (SSSR count). The number of amides is 1. The summed E-state index contributed by atoms with van der Waals surface area (Å²) in [7, 11) is 0.195. The van der Waals surface area contributed by atoms with E-state index in [0.717, 1.165) is 36.2 Å². The minimum absolute atomic E-state index is 0.0275. The first-order chi connectivity index (χ1) is 15.8. The summed E-state index contributed by atoms with van der Waals surface area (Å²) in [6, 6.07) is 8.89. The molecule has 3 heterocycles. The van der Waals surface area contributed by atoms with Gasteiger partial charge in [-0.3, -0.25) is 9.78 Å². The number of aromatic nitrogens is 3. The molecule has 1 atom stereocenters. The van der Waals surface area contributed by atoms with Crippen molar-refractivity contribution in [3.8, 4) is 0 Å². The van der Waals surface area contributed by atoms with Gasteiger partial charge < -0.3 is 9.47 Å². The lowest BCUT2D eigenvalue weighted by molar-refractivity contribution is -0.131. The Morgan fingerprint density at radius 1 is 1.12 bits per heavy atom. The van der Waals surface area contributed by atoms with Gasteiger partial charge in [-0.1, -0.05) is 6.42 Å². The van der Waals surface area contributed by atoms with Crippen LogP contribution in [-0.2, 0) is 28.3 Å². The number of piperidine rings is 1. The number of carbonyl (C=O) groups is 1. The molecule has 0 spiro atoms. The van der Waals surface area contributed by atoms with Crippen molar-refractivity contribution in [1.29, 1.82) is 0 Å². The van der Waals surface area contributed by atoms with Crippen molar-refractivity contribution in [3.63, 3.8) is 0 Å². The predicted octanol–water partition coefficient (Wildman–Crippen LogP) is 3.30. The van der Waals surface area contributed by atoms with Gasteiger partial charge in [0.15, 0.2) is 0 Å². The van der Waals surface area contributed by atoms with Crippen LogP contribution >= 0.6 is 0 Å². The molecule has 9 heteroatoms. The molecule has 0 N–H and O–H groups in total. The Labute approximate surface area is 195 Å². The van der Waals surface area contributed by atoms with Gasteiger partial charge in [0.1, 0.15) is 5.82 Å². The zero-order valence-electron chi connectivity index (χ0n) is 19.4. The van der Waals surface area contributed by atoms with Gasteiger partial charge in [-0.05, 0) is 55.7 Å². The average molecular weight is 470 g/mol. The molecule has 0 bridgehead atoms. The maximum absolute atomic E-state index is 13.0. The molecule has 3 aromatic rings.